The van der Waals surface area contributed by atoms with Crippen molar-refractivity contribution < 1.29 is 8.94 Å². The van der Waals surface area contributed by atoms with Gasteiger partial charge in [0.1, 0.15) is 0 Å². The molecule has 3 aromatic rings. The number of hydrogen-bond acceptors (Lipinski definition) is 6. The number of benzene rings is 1. The summed E-state index contributed by atoms with van der Waals surface area (Å²) >= 11 is 0. The average molecular weight is 310 g/mol. The van der Waals surface area contributed by atoms with Crippen LogP contribution in [0.15, 0.2) is 33.2 Å². The third-order valence-corrected chi connectivity index (χ3v) is 3.38. The third-order valence-electron chi connectivity index (χ3n) is 3.38. The highest BCUT2D eigenvalue weighted by Gasteiger charge is 2.09. The Kier molecular flexibility index (Phi) is 4.32. The van der Waals surface area contributed by atoms with Gasteiger partial charge in [-0.3, -0.25) is 0 Å². The molecule has 118 valence electrons. The molecule has 0 aliphatic heterocycles. The molecule has 0 aliphatic carbocycles. The maximum absolute atomic E-state index is 5.48. The van der Waals surface area contributed by atoms with Gasteiger partial charge in [0, 0.05) is 23.6 Å². The number of aryl methyl sites for hydroxylation is 1. The van der Waals surface area contributed by atoms with Gasteiger partial charge in [-0.05, 0) is 12.0 Å². The molecule has 0 aliphatic rings. The summed E-state index contributed by atoms with van der Waals surface area (Å²) in [6.07, 6.45) is 4.33. The summed E-state index contributed by atoms with van der Waals surface area (Å²) in [5, 5.41) is 11.9. The zero-order valence-corrected chi connectivity index (χ0v) is 13.4. The molecule has 0 saturated heterocycles. The number of hydrogen-bond donors (Lipinski definition) is 0. The Bertz CT molecular complexity index is 800. The van der Waals surface area contributed by atoms with E-state index in [1.165, 1.54) is 5.56 Å². The van der Waals surface area contributed by atoms with Crippen LogP contribution in [-0.2, 0) is 6.42 Å². The van der Waals surface area contributed by atoms with Crippen LogP contribution in [0.4, 0.5) is 0 Å². The fraction of sp³-hybridized carbons (Fsp3) is 0.294. The number of aromatic nitrogens is 4. The fourth-order valence-corrected chi connectivity index (χ4v) is 2.00. The molecule has 23 heavy (non-hydrogen) atoms. The predicted octanol–water partition coefficient (Wildman–Crippen LogP) is 3.98. The standard InChI is InChI=1S/C17H18N4O2/c1-4-12-5-7-13(8-6-12)16-18-14(23-21-16)9-10-15-19-20-17(22-15)11(2)3/h5-11H,4H2,1-3H3/b10-9+. The molecule has 1 aromatic carbocycles. The van der Waals surface area contributed by atoms with E-state index in [1.54, 1.807) is 12.2 Å². The van der Waals surface area contributed by atoms with E-state index >= 15 is 0 Å². The minimum absolute atomic E-state index is 0.200. The van der Waals surface area contributed by atoms with Crippen LogP contribution in [-0.4, -0.2) is 20.3 Å². The molecule has 0 bridgehead atoms. The molecular formula is C17H18N4O2. The van der Waals surface area contributed by atoms with Gasteiger partial charge in [0.2, 0.25) is 17.6 Å². The smallest absolute Gasteiger partial charge is 0.251 e. The van der Waals surface area contributed by atoms with Gasteiger partial charge in [-0.2, -0.15) is 4.98 Å². The van der Waals surface area contributed by atoms with Crippen LogP contribution in [0.1, 0.15) is 49.9 Å². The predicted molar refractivity (Wildman–Crippen MR) is 86.4 cm³/mol. The molecular weight excluding hydrogens is 292 g/mol. The Morgan fingerprint density at radius 1 is 1.04 bits per heavy atom. The molecule has 6 heteroatoms. The van der Waals surface area contributed by atoms with Gasteiger partial charge >= 0.3 is 0 Å². The highest BCUT2D eigenvalue weighted by Crippen LogP contribution is 2.18. The van der Waals surface area contributed by atoms with Crippen molar-refractivity contribution in [2.75, 3.05) is 0 Å². The van der Waals surface area contributed by atoms with Gasteiger partial charge < -0.3 is 8.94 Å². The first-order valence-corrected chi connectivity index (χ1v) is 7.60. The van der Waals surface area contributed by atoms with Crippen molar-refractivity contribution in [3.8, 4) is 11.4 Å². The second-order valence-electron chi connectivity index (χ2n) is 5.47. The molecule has 0 fully saturated rings. The van der Waals surface area contributed by atoms with Crippen molar-refractivity contribution in [2.24, 2.45) is 0 Å². The van der Waals surface area contributed by atoms with Crippen LogP contribution in [0, 0.1) is 0 Å². The second kappa shape index (κ2) is 6.56. The lowest BCUT2D eigenvalue weighted by Gasteiger charge is -1.96. The SMILES string of the molecule is CCc1ccc(-c2noc(/C=C/c3nnc(C(C)C)o3)n2)cc1. The van der Waals surface area contributed by atoms with Crippen molar-refractivity contribution >= 4 is 12.2 Å². The molecule has 3 rings (SSSR count). The monoisotopic (exact) mass is 310 g/mol. The highest BCUT2D eigenvalue weighted by atomic mass is 16.5. The van der Waals surface area contributed by atoms with Gasteiger partial charge in [0.05, 0.1) is 0 Å². The molecule has 0 saturated carbocycles. The quantitative estimate of drug-likeness (QED) is 0.709. The summed E-state index contributed by atoms with van der Waals surface area (Å²) in [6.45, 7) is 6.11. The molecule has 0 radical (unpaired) electrons. The van der Waals surface area contributed by atoms with Crippen molar-refractivity contribution in [2.45, 2.75) is 33.1 Å². The lowest BCUT2D eigenvalue weighted by molar-refractivity contribution is 0.411. The van der Waals surface area contributed by atoms with Crippen LogP contribution < -0.4 is 0 Å². The van der Waals surface area contributed by atoms with Crippen molar-refractivity contribution in [3.05, 3.63) is 47.5 Å². The van der Waals surface area contributed by atoms with Crippen LogP contribution >= 0.6 is 0 Å². The van der Waals surface area contributed by atoms with Gasteiger partial charge in [0.25, 0.3) is 5.89 Å². The first-order valence-electron chi connectivity index (χ1n) is 7.60. The molecule has 2 heterocycles. The summed E-state index contributed by atoms with van der Waals surface area (Å²) in [5.74, 6) is 2.17. The molecule has 0 N–H and O–H groups in total. The van der Waals surface area contributed by atoms with Crippen molar-refractivity contribution in [1.29, 1.82) is 0 Å². The third kappa shape index (κ3) is 3.53. The van der Waals surface area contributed by atoms with E-state index in [2.05, 4.69) is 39.4 Å². The summed E-state index contributed by atoms with van der Waals surface area (Å²) in [5.41, 5.74) is 2.19. The fourth-order valence-electron chi connectivity index (χ4n) is 2.00. The van der Waals surface area contributed by atoms with E-state index < -0.39 is 0 Å². The number of rotatable bonds is 5. The van der Waals surface area contributed by atoms with Crippen molar-refractivity contribution in [3.63, 3.8) is 0 Å². The summed E-state index contributed by atoms with van der Waals surface area (Å²) in [4.78, 5) is 4.34. The Morgan fingerprint density at radius 3 is 2.43 bits per heavy atom. The topological polar surface area (TPSA) is 77.8 Å². The Hall–Kier alpha value is -2.76. The Morgan fingerprint density at radius 2 is 1.78 bits per heavy atom. The normalized spacial score (nSPS) is 11.7. The number of nitrogens with zero attached hydrogens (tertiary/aromatic N) is 4. The maximum atomic E-state index is 5.48. The van der Waals surface area contributed by atoms with E-state index in [0.717, 1.165) is 12.0 Å². The first-order chi connectivity index (χ1) is 11.2. The molecule has 0 unspecified atom stereocenters. The molecule has 0 atom stereocenters. The lowest BCUT2D eigenvalue weighted by atomic mass is 10.1. The molecule has 2 aromatic heterocycles. The first kappa shape index (κ1) is 15.1. The van der Waals surface area contributed by atoms with Crippen LogP contribution in [0.5, 0.6) is 0 Å². The van der Waals surface area contributed by atoms with E-state index in [4.69, 9.17) is 8.94 Å². The summed E-state index contributed by atoms with van der Waals surface area (Å²) < 4.78 is 10.7. The van der Waals surface area contributed by atoms with E-state index in [-0.39, 0.29) is 5.92 Å². The van der Waals surface area contributed by atoms with E-state index in [0.29, 0.717) is 23.5 Å². The van der Waals surface area contributed by atoms with Crippen LogP contribution in [0.3, 0.4) is 0 Å². The van der Waals surface area contributed by atoms with Crippen molar-refractivity contribution in [1.82, 2.24) is 20.3 Å². The lowest BCUT2D eigenvalue weighted by Crippen LogP contribution is -1.85. The minimum Gasteiger partial charge on any atom is -0.421 e. The minimum atomic E-state index is 0.200. The zero-order valence-electron chi connectivity index (χ0n) is 13.4. The van der Waals surface area contributed by atoms with Crippen LogP contribution in [0.25, 0.3) is 23.5 Å². The average Bonchev–Trinajstić information content (AvgIpc) is 3.22. The summed E-state index contributed by atoms with van der Waals surface area (Å²) in [7, 11) is 0. The molecule has 6 nitrogen and oxygen atoms in total. The van der Waals surface area contributed by atoms with Gasteiger partial charge in [-0.15, -0.1) is 10.2 Å². The van der Waals surface area contributed by atoms with Crippen LogP contribution in [0.2, 0.25) is 0 Å². The van der Waals surface area contributed by atoms with Gasteiger partial charge in [-0.25, -0.2) is 0 Å². The maximum Gasteiger partial charge on any atom is 0.251 e. The van der Waals surface area contributed by atoms with E-state index in [9.17, 15) is 0 Å². The van der Waals surface area contributed by atoms with Gasteiger partial charge in [-0.1, -0.05) is 50.2 Å². The van der Waals surface area contributed by atoms with Gasteiger partial charge in [0.15, 0.2) is 0 Å². The second-order valence-corrected chi connectivity index (χ2v) is 5.47. The summed E-state index contributed by atoms with van der Waals surface area (Å²) in [6, 6.07) is 8.11. The highest BCUT2D eigenvalue weighted by molar-refractivity contribution is 5.63. The van der Waals surface area contributed by atoms with E-state index in [1.807, 2.05) is 26.0 Å². The zero-order chi connectivity index (χ0) is 16.2. The molecule has 0 spiro atoms. The Labute approximate surface area is 134 Å². The Balaban J connectivity index is 1.74. The molecule has 0 amide bonds. The largest absolute Gasteiger partial charge is 0.421 e.